The molecule has 118 valence electrons. The molecule has 0 fully saturated rings. The molecule has 1 aromatic heterocycles. The molecule has 0 radical (unpaired) electrons. The number of nitrogens with one attached hydrogen (secondary N) is 1. The summed E-state index contributed by atoms with van der Waals surface area (Å²) in [6.45, 7) is 6.15. The third-order valence-electron chi connectivity index (χ3n) is 4.10. The van der Waals surface area contributed by atoms with E-state index in [0.29, 0.717) is 12.3 Å². The number of nitrogens with zero attached hydrogens (tertiary/aromatic N) is 1. The monoisotopic (exact) mass is 292 g/mol. The first-order chi connectivity index (χ1) is 10.1. The van der Waals surface area contributed by atoms with Crippen molar-refractivity contribution < 1.29 is 9.84 Å². The number of rotatable bonds is 9. The van der Waals surface area contributed by atoms with Gasteiger partial charge in [0, 0.05) is 17.8 Å². The minimum absolute atomic E-state index is 0.0440. The molecule has 0 saturated heterocycles. The van der Waals surface area contributed by atoms with Crippen LogP contribution in [0.2, 0.25) is 0 Å². The molecule has 4 nitrogen and oxygen atoms in total. The summed E-state index contributed by atoms with van der Waals surface area (Å²) in [5, 5.41) is 17.7. The second kappa shape index (κ2) is 8.78. The summed E-state index contributed by atoms with van der Waals surface area (Å²) in [7, 11) is 0. The van der Waals surface area contributed by atoms with Crippen LogP contribution in [0.4, 0.5) is 0 Å². The van der Waals surface area contributed by atoms with Gasteiger partial charge >= 0.3 is 0 Å². The molecule has 2 atom stereocenters. The molecule has 21 heavy (non-hydrogen) atoms. The van der Waals surface area contributed by atoms with Gasteiger partial charge in [-0.1, -0.05) is 33.3 Å². The number of aliphatic hydroxyl groups excluding tert-OH is 1. The Kier molecular flexibility index (Phi) is 7.37. The van der Waals surface area contributed by atoms with Crippen molar-refractivity contribution in [3.05, 3.63) is 30.1 Å². The van der Waals surface area contributed by atoms with E-state index in [1.807, 2.05) is 25.3 Å². The maximum absolute atomic E-state index is 9.30. The lowest BCUT2D eigenvalue weighted by Crippen LogP contribution is -2.37. The SMILES string of the molecule is CCCC(CC)(Cc1cccnc1)C(=N)OC(CC)CO. The van der Waals surface area contributed by atoms with E-state index in [9.17, 15) is 5.11 Å². The molecule has 0 aromatic carbocycles. The van der Waals surface area contributed by atoms with E-state index in [1.165, 1.54) is 0 Å². The molecule has 1 rings (SSSR count). The minimum atomic E-state index is -0.305. The maximum atomic E-state index is 9.30. The zero-order chi connectivity index (χ0) is 15.7. The van der Waals surface area contributed by atoms with Gasteiger partial charge in [-0.05, 0) is 37.3 Å². The van der Waals surface area contributed by atoms with Gasteiger partial charge in [0.1, 0.15) is 6.10 Å². The topological polar surface area (TPSA) is 66.2 Å². The number of pyridine rings is 1. The summed E-state index contributed by atoms with van der Waals surface area (Å²) < 4.78 is 5.74. The third-order valence-corrected chi connectivity index (χ3v) is 4.10. The highest BCUT2D eigenvalue weighted by molar-refractivity contribution is 5.80. The van der Waals surface area contributed by atoms with E-state index in [0.717, 1.165) is 31.2 Å². The number of aromatic nitrogens is 1. The summed E-state index contributed by atoms with van der Waals surface area (Å²) in [4.78, 5) is 4.16. The maximum Gasteiger partial charge on any atom is 0.187 e. The van der Waals surface area contributed by atoms with Crippen LogP contribution in [0.3, 0.4) is 0 Å². The van der Waals surface area contributed by atoms with Gasteiger partial charge in [-0.2, -0.15) is 0 Å². The van der Waals surface area contributed by atoms with Crippen LogP contribution < -0.4 is 0 Å². The highest BCUT2D eigenvalue weighted by atomic mass is 16.5. The number of hydrogen-bond donors (Lipinski definition) is 2. The summed E-state index contributed by atoms with van der Waals surface area (Å²) in [6.07, 6.45) is 7.54. The Morgan fingerprint density at radius 1 is 1.43 bits per heavy atom. The van der Waals surface area contributed by atoms with E-state index >= 15 is 0 Å². The first-order valence-corrected chi connectivity index (χ1v) is 7.87. The zero-order valence-electron chi connectivity index (χ0n) is 13.4. The third kappa shape index (κ3) is 4.81. The molecule has 0 spiro atoms. The van der Waals surface area contributed by atoms with Crippen molar-refractivity contribution in [2.24, 2.45) is 5.41 Å². The van der Waals surface area contributed by atoms with Crippen molar-refractivity contribution in [3.63, 3.8) is 0 Å². The van der Waals surface area contributed by atoms with Crippen LogP contribution in [-0.4, -0.2) is 28.7 Å². The van der Waals surface area contributed by atoms with Crippen LogP contribution in [0.1, 0.15) is 52.0 Å². The van der Waals surface area contributed by atoms with Crippen LogP contribution in [0.15, 0.2) is 24.5 Å². The first kappa shape index (κ1) is 17.6. The van der Waals surface area contributed by atoms with Crippen molar-refractivity contribution in [3.8, 4) is 0 Å². The highest BCUT2D eigenvalue weighted by Crippen LogP contribution is 2.34. The van der Waals surface area contributed by atoms with Gasteiger partial charge in [0.05, 0.1) is 6.61 Å². The molecule has 0 bridgehead atoms. The normalized spacial score (nSPS) is 15.2. The van der Waals surface area contributed by atoms with E-state index < -0.39 is 0 Å². The molecule has 1 heterocycles. The lowest BCUT2D eigenvalue weighted by atomic mass is 9.75. The lowest BCUT2D eigenvalue weighted by molar-refractivity contribution is 0.0814. The fourth-order valence-corrected chi connectivity index (χ4v) is 2.66. The van der Waals surface area contributed by atoms with Crippen LogP contribution in [-0.2, 0) is 11.2 Å². The van der Waals surface area contributed by atoms with Crippen molar-refractivity contribution >= 4 is 5.90 Å². The smallest absolute Gasteiger partial charge is 0.187 e. The van der Waals surface area contributed by atoms with Crippen molar-refractivity contribution in [2.75, 3.05) is 6.61 Å². The minimum Gasteiger partial charge on any atom is -0.475 e. The average molecular weight is 292 g/mol. The van der Waals surface area contributed by atoms with Gasteiger partial charge in [-0.25, -0.2) is 0 Å². The van der Waals surface area contributed by atoms with Crippen molar-refractivity contribution in [1.29, 1.82) is 5.41 Å². The van der Waals surface area contributed by atoms with E-state index in [2.05, 4.69) is 18.8 Å². The Balaban J connectivity index is 2.93. The second-order valence-corrected chi connectivity index (χ2v) is 5.58. The Hall–Kier alpha value is -1.42. The fourth-order valence-electron chi connectivity index (χ4n) is 2.66. The van der Waals surface area contributed by atoms with Gasteiger partial charge in [0.2, 0.25) is 0 Å². The highest BCUT2D eigenvalue weighted by Gasteiger charge is 2.35. The summed E-state index contributed by atoms with van der Waals surface area (Å²) in [6, 6.07) is 3.97. The van der Waals surface area contributed by atoms with Gasteiger partial charge in [-0.3, -0.25) is 10.4 Å². The lowest BCUT2D eigenvalue weighted by Gasteiger charge is -2.34. The summed E-state index contributed by atoms with van der Waals surface area (Å²) >= 11 is 0. The fraction of sp³-hybridized carbons (Fsp3) is 0.647. The summed E-state index contributed by atoms with van der Waals surface area (Å²) in [5.74, 6) is 0.302. The van der Waals surface area contributed by atoms with Crippen molar-refractivity contribution in [2.45, 2.75) is 59.0 Å². The van der Waals surface area contributed by atoms with E-state index in [4.69, 9.17) is 10.1 Å². The zero-order valence-corrected chi connectivity index (χ0v) is 13.4. The average Bonchev–Trinajstić information content (AvgIpc) is 2.52. The molecular weight excluding hydrogens is 264 g/mol. The quantitative estimate of drug-likeness (QED) is 0.540. The Labute approximate surface area is 128 Å². The summed E-state index contributed by atoms with van der Waals surface area (Å²) in [5.41, 5.74) is 0.818. The van der Waals surface area contributed by atoms with Crippen LogP contribution in [0.25, 0.3) is 0 Å². The van der Waals surface area contributed by atoms with Gasteiger partial charge in [-0.15, -0.1) is 0 Å². The molecule has 2 unspecified atom stereocenters. The molecule has 0 amide bonds. The second-order valence-electron chi connectivity index (χ2n) is 5.58. The van der Waals surface area contributed by atoms with Gasteiger partial charge in [0.25, 0.3) is 0 Å². The Morgan fingerprint density at radius 2 is 2.19 bits per heavy atom. The first-order valence-electron chi connectivity index (χ1n) is 7.87. The largest absolute Gasteiger partial charge is 0.475 e. The van der Waals surface area contributed by atoms with Crippen LogP contribution in [0.5, 0.6) is 0 Å². The standard InChI is InChI=1S/C17H28N2O2/c1-4-9-17(6-3,11-14-8-7-10-19-12-14)16(18)21-15(5-2)13-20/h7-8,10,12,15,18,20H,4-6,9,11,13H2,1-3H3. The van der Waals surface area contributed by atoms with E-state index in [-0.39, 0.29) is 18.1 Å². The molecule has 0 aliphatic rings. The Morgan fingerprint density at radius 3 is 2.67 bits per heavy atom. The predicted octanol–water partition coefficient (Wildman–Crippen LogP) is 3.59. The van der Waals surface area contributed by atoms with Crippen LogP contribution >= 0.6 is 0 Å². The van der Waals surface area contributed by atoms with Crippen molar-refractivity contribution in [1.82, 2.24) is 4.98 Å². The Bertz CT molecular complexity index is 418. The molecule has 1 aromatic rings. The molecule has 4 heteroatoms. The van der Waals surface area contributed by atoms with Crippen LogP contribution in [0, 0.1) is 10.8 Å². The molecule has 2 N–H and O–H groups in total. The predicted molar refractivity (Wildman–Crippen MR) is 85.5 cm³/mol. The van der Waals surface area contributed by atoms with Gasteiger partial charge < -0.3 is 9.84 Å². The molecule has 0 saturated carbocycles. The van der Waals surface area contributed by atoms with E-state index in [1.54, 1.807) is 6.20 Å². The molecule has 0 aliphatic carbocycles. The molecular formula is C17H28N2O2. The number of ether oxygens (including phenoxy) is 1. The number of aliphatic hydroxyl groups is 1. The number of hydrogen-bond acceptors (Lipinski definition) is 4. The van der Waals surface area contributed by atoms with Gasteiger partial charge in [0.15, 0.2) is 5.90 Å². The molecule has 0 aliphatic heterocycles.